The van der Waals surface area contributed by atoms with Gasteiger partial charge in [-0.05, 0) is 24.6 Å². The summed E-state index contributed by atoms with van der Waals surface area (Å²) in [5.74, 6) is -0.935. The number of hydrogen-bond acceptors (Lipinski definition) is 5. The van der Waals surface area contributed by atoms with Gasteiger partial charge in [0, 0.05) is 31.5 Å². The van der Waals surface area contributed by atoms with Crippen molar-refractivity contribution >= 4 is 11.9 Å². The van der Waals surface area contributed by atoms with Crippen LogP contribution in [0.3, 0.4) is 0 Å². The Kier molecular flexibility index (Phi) is 3.83. The maximum atomic E-state index is 12.4. The molecule has 0 bridgehead atoms. The van der Waals surface area contributed by atoms with Gasteiger partial charge in [0.1, 0.15) is 11.5 Å². The SMILES string of the molecule is COc1ccc2c(c1)COC1(CCN(C(=O)C3CC3C(=O)O)CC1)O2. The number of benzene rings is 1. The van der Waals surface area contributed by atoms with Gasteiger partial charge in [-0.1, -0.05) is 0 Å². The maximum absolute atomic E-state index is 12.4. The first-order chi connectivity index (χ1) is 12.0. The molecule has 7 heteroatoms. The van der Waals surface area contributed by atoms with Crippen LogP contribution in [-0.2, 0) is 20.9 Å². The molecule has 4 rings (SSSR count). The van der Waals surface area contributed by atoms with Gasteiger partial charge < -0.3 is 24.2 Å². The second kappa shape index (κ2) is 5.91. The van der Waals surface area contributed by atoms with Gasteiger partial charge in [-0.25, -0.2) is 0 Å². The molecule has 7 nitrogen and oxygen atoms in total. The Morgan fingerprint density at radius 2 is 2.04 bits per heavy atom. The summed E-state index contributed by atoms with van der Waals surface area (Å²) < 4.78 is 17.3. The normalized spacial score (nSPS) is 26.5. The van der Waals surface area contributed by atoms with E-state index in [1.54, 1.807) is 12.0 Å². The molecule has 1 saturated carbocycles. The minimum atomic E-state index is -0.877. The van der Waals surface area contributed by atoms with Crippen molar-refractivity contribution in [3.05, 3.63) is 23.8 Å². The van der Waals surface area contributed by atoms with E-state index in [0.717, 1.165) is 17.1 Å². The van der Waals surface area contributed by atoms with Gasteiger partial charge in [0.2, 0.25) is 11.7 Å². The lowest BCUT2D eigenvalue weighted by Crippen LogP contribution is -2.52. The molecule has 2 heterocycles. The van der Waals surface area contributed by atoms with E-state index >= 15 is 0 Å². The van der Waals surface area contributed by atoms with Gasteiger partial charge in [-0.15, -0.1) is 0 Å². The van der Waals surface area contributed by atoms with Crippen molar-refractivity contribution in [2.75, 3.05) is 20.2 Å². The molecule has 1 spiro atoms. The van der Waals surface area contributed by atoms with Gasteiger partial charge in [-0.2, -0.15) is 0 Å². The second-order valence-corrected chi connectivity index (χ2v) is 6.89. The zero-order valence-corrected chi connectivity index (χ0v) is 14.1. The summed E-state index contributed by atoms with van der Waals surface area (Å²) in [5.41, 5.74) is 0.950. The van der Waals surface area contributed by atoms with Crippen LogP contribution in [0.5, 0.6) is 11.5 Å². The first kappa shape index (κ1) is 16.2. The van der Waals surface area contributed by atoms with E-state index in [9.17, 15) is 9.59 Å². The van der Waals surface area contributed by atoms with Crippen LogP contribution in [0.4, 0.5) is 0 Å². The maximum Gasteiger partial charge on any atom is 0.307 e. The molecular weight excluding hydrogens is 326 g/mol. The molecule has 25 heavy (non-hydrogen) atoms. The highest BCUT2D eigenvalue weighted by atomic mass is 16.7. The standard InChI is InChI=1S/C18H21NO6/c1-23-12-2-3-15-11(8-12)10-24-18(25-15)4-6-19(7-5-18)16(20)13-9-14(13)17(21)22/h2-3,8,13-14H,4-7,9-10H2,1H3,(H,21,22). The van der Waals surface area contributed by atoms with Crippen LogP contribution in [0.2, 0.25) is 0 Å². The minimum absolute atomic E-state index is 0.0526. The van der Waals surface area contributed by atoms with E-state index in [4.69, 9.17) is 19.3 Å². The number of carboxylic acid groups (broad SMARTS) is 1. The van der Waals surface area contributed by atoms with Crippen LogP contribution in [0.1, 0.15) is 24.8 Å². The number of piperidine rings is 1. The van der Waals surface area contributed by atoms with Crippen molar-refractivity contribution in [1.29, 1.82) is 0 Å². The predicted molar refractivity (Wildman–Crippen MR) is 86.2 cm³/mol. The molecule has 3 aliphatic rings. The van der Waals surface area contributed by atoms with Crippen LogP contribution < -0.4 is 9.47 Å². The summed E-state index contributed by atoms with van der Waals surface area (Å²) >= 11 is 0. The van der Waals surface area contributed by atoms with E-state index in [2.05, 4.69) is 0 Å². The van der Waals surface area contributed by atoms with Crippen molar-refractivity contribution in [2.45, 2.75) is 31.7 Å². The highest BCUT2D eigenvalue weighted by Gasteiger charge is 2.51. The van der Waals surface area contributed by atoms with E-state index in [1.165, 1.54) is 0 Å². The summed E-state index contributed by atoms with van der Waals surface area (Å²) in [4.78, 5) is 25.1. The van der Waals surface area contributed by atoms with Gasteiger partial charge in [0.15, 0.2) is 0 Å². The average Bonchev–Trinajstić information content (AvgIpc) is 3.42. The molecule has 1 aromatic carbocycles. The van der Waals surface area contributed by atoms with Crippen molar-refractivity contribution in [3.8, 4) is 11.5 Å². The van der Waals surface area contributed by atoms with E-state index < -0.39 is 17.7 Å². The van der Waals surface area contributed by atoms with Crippen LogP contribution in [0.25, 0.3) is 0 Å². The molecule has 2 fully saturated rings. The number of amides is 1. The largest absolute Gasteiger partial charge is 0.497 e. The topological polar surface area (TPSA) is 85.3 Å². The molecule has 2 unspecified atom stereocenters. The summed E-state index contributed by atoms with van der Waals surface area (Å²) in [5, 5.41) is 8.98. The number of hydrogen-bond donors (Lipinski definition) is 1. The summed E-state index contributed by atoms with van der Waals surface area (Å²) in [7, 11) is 1.62. The Morgan fingerprint density at radius 1 is 1.28 bits per heavy atom. The average molecular weight is 347 g/mol. The van der Waals surface area contributed by atoms with Crippen LogP contribution >= 0.6 is 0 Å². The number of fused-ring (bicyclic) bond motifs is 1. The van der Waals surface area contributed by atoms with E-state index in [0.29, 0.717) is 39.0 Å². The minimum Gasteiger partial charge on any atom is -0.497 e. The van der Waals surface area contributed by atoms with Gasteiger partial charge in [0.25, 0.3) is 0 Å². The Labute approximate surface area is 145 Å². The number of aliphatic carboxylic acids is 1. The Hall–Kier alpha value is -2.28. The number of rotatable bonds is 3. The fourth-order valence-corrected chi connectivity index (χ4v) is 3.62. The van der Waals surface area contributed by atoms with Gasteiger partial charge in [0.05, 0.1) is 25.6 Å². The molecule has 2 atom stereocenters. The highest BCUT2D eigenvalue weighted by molar-refractivity contribution is 5.89. The Morgan fingerprint density at radius 3 is 2.68 bits per heavy atom. The highest BCUT2D eigenvalue weighted by Crippen LogP contribution is 2.42. The molecule has 1 amide bonds. The lowest BCUT2D eigenvalue weighted by Gasteiger charge is -2.44. The van der Waals surface area contributed by atoms with Gasteiger partial charge in [-0.3, -0.25) is 9.59 Å². The number of likely N-dealkylation sites (tertiary alicyclic amines) is 1. The zero-order chi connectivity index (χ0) is 17.6. The van der Waals surface area contributed by atoms with E-state index in [1.807, 2.05) is 18.2 Å². The lowest BCUT2D eigenvalue weighted by atomic mass is 10.0. The monoisotopic (exact) mass is 347 g/mol. The van der Waals surface area contributed by atoms with Crippen LogP contribution in [-0.4, -0.2) is 47.9 Å². The van der Waals surface area contributed by atoms with Crippen molar-refractivity contribution in [3.63, 3.8) is 0 Å². The van der Waals surface area contributed by atoms with Gasteiger partial charge >= 0.3 is 5.97 Å². The number of methoxy groups -OCH3 is 1. The quantitative estimate of drug-likeness (QED) is 0.895. The zero-order valence-electron chi connectivity index (χ0n) is 14.1. The molecule has 134 valence electrons. The third kappa shape index (κ3) is 2.93. The predicted octanol–water partition coefficient (Wildman–Crippen LogP) is 1.64. The third-order valence-electron chi connectivity index (χ3n) is 5.32. The van der Waals surface area contributed by atoms with Crippen molar-refractivity contribution in [2.24, 2.45) is 11.8 Å². The second-order valence-electron chi connectivity index (χ2n) is 6.89. The summed E-state index contributed by atoms with van der Waals surface area (Å²) in [6.07, 6.45) is 1.61. The molecule has 0 radical (unpaired) electrons. The fourth-order valence-electron chi connectivity index (χ4n) is 3.62. The number of carbonyl (C=O) groups excluding carboxylic acids is 1. The van der Waals surface area contributed by atoms with Crippen LogP contribution in [0, 0.1) is 11.8 Å². The van der Waals surface area contributed by atoms with Crippen LogP contribution in [0.15, 0.2) is 18.2 Å². The Balaban J connectivity index is 1.38. The molecule has 0 aromatic heterocycles. The fraction of sp³-hybridized carbons (Fsp3) is 0.556. The van der Waals surface area contributed by atoms with Crippen molar-refractivity contribution < 1.29 is 28.9 Å². The molecule has 1 saturated heterocycles. The number of carboxylic acids is 1. The Bertz CT molecular complexity index is 710. The molecule has 2 aliphatic heterocycles. The van der Waals surface area contributed by atoms with Crippen molar-refractivity contribution in [1.82, 2.24) is 4.90 Å². The number of ether oxygens (including phenoxy) is 3. The molecule has 1 N–H and O–H groups in total. The molecule has 1 aliphatic carbocycles. The first-order valence-corrected chi connectivity index (χ1v) is 8.53. The number of carbonyl (C=O) groups is 2. The lowest BCUT2D eigenvalue weighted by molar-refractivity contribution is -0.228. The molecular formula is C18H21NO6. The first-order valence-electron chi connectivity index (χ1n) is 8.53. The molecule has 1 aromatic rings. The number of nitrogens with zero attached hydrogens (tertiary/aromatic N) is 1. The summed E-state index contributed by atoms with van der Waals surface area (Å²) in [6, 6.07) is 5.65. The smallest absolute Gasteiger partial charge is 0.307 e. The van der Waals surface area contributed by atoms with E-state index in [-0.39, 0.29) is 11.8 Å². The summed E-state index contributed by atoms with van der Waals surface area (Å²) in [6.45, 7) is 1.49. The third-order valence-corrected chi connectivity index (χ3v) is 5.32.